The molecule has 2 unspecified atom stereocenters. The molecule has 1 aromatic rings. The van der Waals surface area contributed by atoms with Crippen molar-refractivity contribution in [3.8, 4) is 0 Å². The third-order valence-corrected chi connectivity index (χ3v) is 3.29. The molecule has 1 aliphatic rings. The van der Waals surface area contributed by atoms with Crippen LogP contribution in [0.3, 0.4) is 0 Å². The lowest BCUT2D eigenvalue weighted by molar-refractivity contribution is -0.296. The van der Waals surface area contributed by atoms with Gasteiger partial charge in [-0.15, -0.1) is 5.10 Å². The fourth-order valence-corrected chi connectivity index (χ4v) is 1.95. The van der Waals surface area contributed by atoms with Gasteiger partial charge in [0.25, 0.3) is 0 Å². The van der Waals surface area contributed by atoms with Gasteiger partial charge in [-0.1, -0.05) is 5.21 Å². The van der Waals surface area contributed by atoms with Crippen molar-refractivity contribution in [1.82, 2.24) is 15.0 Å². The second kappa shape index (κ2) is 6.15. The first kappa shape index (κ1) is 15.3. The van der Waals surface area contributed by atoms with E-state index < -0.39 is 30.7 Å². The van der Waals surface area contributed by atoms with Gasteiger partial charge in [0.05, 0.1) is 18.9 Å². The van der Waals surface area contributed by atoms with Crippen LogP contribution >= 0.6 is 0 Å². The maximum atomic E-state index is 9.80. The zero-order chi connectivity index (χ0) is 14.9. The predicted octanol–water partition coefficient (Wildman–Crippen LogP) is -0.797. The van der Waals surface area contributed by atoms with Crippen LogP contribution in [-0.2, 0) is 16.1 Å². The van der Waals surface area contributed by atoms with Crippen LogP contribution in [-0.4, -0.2) is 61.0 Å². The Bertz CT molecular complexity index is 438. The monoisotopic (exact) mass is 287 g/mol. The Kier molecular flexibility index (Phi) is 4.71. The van der Waals surface area contributed by atoms with Gasteiger partial charge in [-0.05, 0) is 20.8 Å². The van der Waals surface area contributed by atoms with Gasteiger partial charge in [0.1, 0.15) is 24.0 Å². The van der Waals surface area contributed by atoms with Gasteiger partial charge >= 0.3 is 0 Å². The summed E-state index contributed by atoms with van der Waals surface area (Å²) in [7, 11) is 0. The van der Waals surface area contributed by atoms with E-state index in [9.17, 15) is 15.3 Å². The highest BCUT2D eigenvalue weighted by atomic mass is 16.7. The van der Waals surface area contributed by atoms with Crippen molar-refractivity contribution < 1.29 is 24.8 Å². The highest BCUT2D eigenvalue weighted by Gasteiger charge is 2.42. The summed E-state index contributed by atoms with van der Waals surface area (Å²) < 4.78 is 12.4. The van der Waals surface area contributed by atoms with Gasteiger partial charge in [-0.25, -0.2) is 4.68 Å². The Morgan fingerprint density at radius 3 is 2.60 bits per heavy atom. The summed E-state index contributed by atoms with van der Waals surface area (Å²) in [5.74, 6) is 0. The van der Waals surface area contributed by atoms with Gasteiger partial charge in [0.15, 0.2) is 6.29 Å². The van der Waals surface area contributed by atoms with E-state index in [1.165, 1.54) is 0 Å². The number of aliphatic hydroxyl groups excluding tert-OH is 3. The zero-order valence-corrected chi connectivity index (χ0v) is 11.7. The fourth-order valence-electron chi connectivity index (χ4n) is 1.95. The summed E-state index contributed by atoms with van der Waals surface area (Å²) in [4.78, 5) is 0. The van der Waals surface area contributed by atoms with Crippen LogP contribution < -0.4 is 0 Å². The van der Waals surface area contributed by atoms with Crippen LogP contribution in [0.1, 0.15) is 32.5 Å². The van der Waals surface area contributed by atoms with Gasteiger partial charge in [0.2, 0.25) is 0 Å². The van der Waals surface area contributed by atoms with Gasteiger partial charge in [0, 0.05) is 6.04 Å². The van der Waals surface area contributed by atoms with Crippen LogP contribution in [0.25, 0.3) is 0 Å². The lowest BCUT2D eigenvalue weighted by atomic mass is 10.0. The molecule has 0 aromatic carbocycles. The average Bonchev–Trinajstić information content (AvgIpc) is 2.88. The minimum absolute atomic E-state index is 0.101. The Labute approximate surface area is 116 Å². The first-order valence-corrected chi connectivity index (χ1v) is 6.62. The van der Waals surface area contributed by atoms with Crippen LogP contribution in [0, 0.1) is 0 Å². The van der Waals surface area contributed by atoms with Gasteiger partial charge < -0.3 is 24.8 Å². The number of aliphatic hydroxyl groups is 3. The SMILES string of the molecule is CC1O[C@H](OCc2cn(C(C)C)nn2)C(O)[C@@H](O)[C@@H]1O. The molecule has 0 bridgehead atoms. The van der Waals surface area contributed by atoms with E-state index >= 15 is 0 Å². The summed E-state index contributed by atoms with van der Waals surface area (Å²) in [5, 5.41) is 36.9. The van der Waals surface area contributed by atoms with Crippen molar-refractivity contribution in [2.45, 2.75) is 64.1 Å². The molecule has 1 aromatic heterocycles. The molecule has 2 rings (SSSR count). The standard InChI is InChI=1S/C12H21N3O5/c1-6(2)15-4-8(13-14-15)5-19-12-11(18)10(17)9(16)7(3)20-12/h4,6-7,9-12,16-18H,5H2,1-3H3/t7?,9-,10+,11?,12+/m1/s1. The van der Waals surface area contributed by atoms with E-state index in [2.05, 4.69) is 10.3 Å². The maximum absolute atomic E-state index is 9.80. The van der Waals surface area contributed by atoms with E-state index in [0.29, 0.717) is 5.69 Å². The largest absolute Gasteiger partial charge is 0.388 e. The van der Waals surface area contributed by atoms with Crippen LogP contribution in [0.4, 0.5) is 0 Å². The van der Waals surface area contributed by atoms with E-state index in [1.807, 2.05) is 13.8 Å². The molecule has 0 amide bonds. The molecule has 0 radical (unpaired) electrons. The number of aromatic nitrogens is 3. The van der Waals surface area contributed by atoms with Crippen LogP contribution in [0.5, 0.6) is 0 Å². The molecule has 1 saturated heterocycles. The second-order valence-electron chi connectivity index (χ2n) is 5.28. The third-order valence-electron chi connectivity index (χ3n) is 3.29. The van der Waals surface area contributed by atoms with E-state index in [0.717, 1.165) is 0 Å². The highest BCUT2D eigenvalue weighted by Crippen LogP contribution is 2.22. The van der Waals surface area contributed by atoms with Crippen molar-refractivity contribution in [3.63, 3.8) is 0 Å². The summed E-state index contributed by atoms with van der Waals surface area (Å²) >= 11 is 0. The Morgan fingerprint density at radius 1 is 1.30 bits per heavy atom. The molecule has 0 saturated carbocycles. The zero-order valence-electron chi connectivity index (χ0n) is 11.7. The fraction of sp³-hybridized carbons (Fsp3) is 0.833. The second-order valence-corrected chi connectivity index (χ2v) is 5.28. The third kappa shape index (κ3) is 3.15. The Hall–Kier alpha value is -1.06. The van der Waals surface area contributed by atoms with Crippen molar-refractivity contribution in [2.75, 3.05) is 0 Å². The van der Waals surface area contributed by atoms with Crippen molar-refractivity contribution in [2.24, 2.45) is 0 Å². The van der Waals surface area contributed by atoms with Gasteiger partial charge in [-0.3, -0.25) is 0 Å². The maximum Gasteiger partial charge on any atom is 0.186 e. The Balaban J connectivity index is 1.92. The topological polar surface area (TPSA) is 110 Å². The molecule has 8 heteroatoms. The molecule has 1 aliphatic heterocycles. The first-order valence-electron chi connectivity index (χ1n) is 6.62. The minimum atomic E-state index is -1.30. The summed E-state index contributed by atoms with van der Waals surface area (Å²) in [5.41, 5.74) is 0.600. The lowest BCUT2D eigenvalue weighted by Gasteiger charge is -2.38. The molecule has 20 heavy (non-hydrogen) atoms. The average molecular weight is 287 g/mol. The number of hydrogen-bond donors (Lipinski definition) is 3. The molecule has 0 aliphatic carbocycles. The molecule has 2 heterocycles. The lowest BCUT2D eigenvalue weighted by Crippen LogP contribution is -2.57. The van der Waals surface area contributed by atoms with Crippen LogP contribution in [0.15, 0.2) is 6.20 Å². The van der Waals surface area contributed by atoms with Crippen molar-refractivity contribution in [1.29, 1.82) is 0 Å². The number of rotatable bonds is 4. The van der Waals surface area contributed by atoms with Gasteiger partial charge in [-0.2, -0.15) is 0 Å². The summed E-state index contributed by atoms with van der Waals surface area (Å²) in [6.45, 7) is 5.66. The summed E-state index contributed by atoms with van der Waals surface area (Å²) in [6.07, 6.45) is -3.62. The number of hydrogen-bond acceptors (Lipinski definition) is 7. The first-order chi connectivity index (χ1) is 9.40. The molecule has 0 spiro atoms. The van der Waals surface area contributed by atoms with E-state index in [-0.39, 0.29) is 12.6 Å². The molecule has 1 fully saturated rings. The smallest absolute Gasteiger partial charge is 0.186 e. The van der Waals surface area contributed by atoms with E-state index in [1.54, 1.807) is 17.8 Å². The number of ether oxygens (including phenoxy) is 2. The minimum Gasteiger partial charge on any atom is -0.388 e. The van der Waals surface area contributed by atoms with Crippen molar-refractivity contribution >= 4 is 0 Å². The predicted molar refractivity (Wildman–Crippen MR) is 67.6 cm³/mol. The normalized spacial score (nSPS) is 34.6. The molecule has 5 atom stereocenters. The highest BCUT2D eigenvalue weighted by molar-refractivity contribution is 4.92. The molecule has 8 nitrogen and oxygen atoms in total. The van der Waals surface area contributed by atoms with Crippen LogP contribution in [0.2, 0.25) is 0 Å². The molecular formula is C12H21N3O5. The molecular weight excluding hydrogens is 266 g/mol. The molecule has 3 N–H and O–H groups in total. The Morgan fingerprint density at radius 2 is 2.00 bits per heavy atom. The molecule has 114 valence electrons. The van der Waals surface area contributed by atoms with E-state index in [4.69, 9.17) is 9.47 Å². The van der Waals surface area contributed by atoms with Crippen molar-refractivity contribution in [3.05, 3.63) is 11.9 Å². The number of nitrogens with zero attached hydrogens (tertiary/aromatic N) is 3. The quantitative estimate of drug-likeness (QED) is 0.665. The summed E-state index contributed by atoms with van der Waals surface area (Å²) in [6, 6.07) is 0.199.